The van der Waals surface area contributed by atoms with Crippen LogP contribution in [0.5, 0.6) is 0 Å². The van der Waals surface area contributed by atoms with Crippen molar-refractivity contribution < 1.29 is 4.74 Å². The van der Waals surface area contributed by atoms with Gasteiger partial charge in [0.2, 0.25) is 0 Å². The highest BCUT2D eigenvalue weighted by Gasteiger charge is 2.13. The van der Waals surface area contributed by atoms with E-state index in [-0.39, 0.29) is 5.54 Å². The average molecular weight is 234 g/mol. The second-order valence-corrected chi connectivity index (χ2v) is 5.52. The number of benzene rings is 1. The molecule has 1 aliphatic rings. The fraction of sp³-hybridized carbons (Fsp3) is 0.571. The third-order valence-electron chi connectivity index (χ3n) is 2.74. The molecule has 0 unspecified atom stereocenters. The lowest BCUT2D eigenvalue weighted by Gasteiger charge is -2.30. The summed E-state index contributed by atoms with van der Waals surface area (Å²) in [7, 11) is 0. The first-order chi connectivity index (χ1) is 8.04. The van der Waals surface area contributed by atoms with Crippen LogP contribution in [0.25, 0.3) is 0 Å². The molecule has 1 aliphatic heterocycles. The van der Waals surface area contributed by atoms with Crippen LogP contribution < -0.4 is 10.2 Å². The van der Waals surface area contributed by atoms with Gasteiger partial charge in [0.05, 0.1) is 13.2 Å². The van der Waals surface area contributed by atoms with Gasteiger partial charge in [-0.2, -0.15) is 0 Å². The molecule has 1 heterocycles. The predicted octanol–water partition coefficient (Wildman–Crippen LogP) is 2.73. The van der Waals surface area contributed by atoms with Gasteiger partial charge in [-0.25, -0.2) is 0 Å². The van der Waals surface area contributed by atoms with Crippen molar-refractivity contribution in [2.75, 3.05) is 36.5 Å². The van der Waals surface area contributed by atoms with Crippen LogP contribution in [0.2, 0.25) is 0 Å². The van der Waals surface area contributed by atoms with Crippen molar-refractivity contribution >= 4 is 11.4 Å². The van der Waals surface area contributed by atoms with E-state index in [1.54, 1.807) is 0 Å². The van der Waals surface area contributed by atoms with Gasteiger partial charge in [-0.15, -0.1) is 0 Å². The molecule has 1 N–H and O–H groups in total. The summed E-state index contributed by atoms with van der Waals surface area (Å²) in [5, 5.41) is 3.50. The minimum Gasteiger partial charge on any atom is -0.380 e. The Bertz CT molecular complexity index is 365. The Morgan fingerprint density at radius 2 is 1.88 bits per heavy atom. The standard InChI is InChI=1S/C14H22N2O/c1-14(2,3)15-12-5-4-6-13(11-12)16-7-9-17-10-8-16/h4-6,11,15H,7-10H2,1-3H3. The van der Waals surface area contributed by atoms with Crippen molar-refractivity contribution in [1.29, 1.82) is 0 Å². The Kier molecular flexibility index (Phi) is 3.57. The number of ether oxygens (including phenoxy) is 1. The monoisotopic (exact) mass is 234 g/mol. The Balaban J connectivity index is 2.10. The number of rotatable bonds is 2. The number of hydrogen-bond acceptors (Lipinski definition) is 3. The zero-order chi connectivity index (χ0) is 12.3. The first-order valence-electron chi connectivity index (χ1n) is 6.25. The smallest absolute Gasteiger partial charge is 0.0642 e. The normalized spacial score (nSPS) is 17.0. The third kappa shape index (κ3) is 3.63. The number of nitrogens with zero attached hydrogens (tertiary/aromatic N) is 1. The van der Waals surface area contributed by atoms with Crippen LogP contribution >= 0.6 is 0 Å². The van der Waals surface area contributed by atoms with Gasteiger partial charge in [-0.05, 0) is 39.0 Å². The molecule has 17 heavy (non-hydrogen) atoms. The zero-order valence-electron chi connectivity index (χ0n) is 11.0. The van der Waals surface area contributed by atoms with Gasteiger partial charge < -0.3 is 15.0 Å². The highest BCUT2D eigenvalue weighted by Crippen LogP contribution is 2.22. The molecule has 0 saturated carbocycles. The SMILES string of the molecule is CC(C)(C)Nc1cccc(N2CCOCC2)c1. The van der Waals surface area contributed by atoms with Gasteiger partial charge in [0.15, 0.2) is 0 Å². The first-order valence-corrected chi connectivity index (χ1v) is 6.25. The van der Waals surface area contributed by atoms with Crippen molar-refractivity contribution in [2.24, 2.45) is 0 Å². The fourth-order valence-electron chi connectivity index (χ4n) is 2.03. The van der Waals surface area contributed by atoms with Crippen molar-refractivity contribution in [1.82, 2.24) is 0 Å². The molecule has 0 amide bonds. The van der Waals surface area contributed by atoms with Crippen molar-refractivity contribution in [3.05, 3.63) is 24.3 Å². The maximum absolute atomic E-state index is 5.37. The molecule has 3 heteroatoms. The number of morpholine rings is 1. The third-order valence-corrected chi connectivity index (χ3v) is 2.74. The molecule has 0 bridgehead atoms. The molecule has 2 rings (SSSR count). The summed E-state index contributed by atoms with van der Waals surface area (Å²) < 4.78 is 5.37. The molecule has 0 aromatic heterocycles. The van der Waals surface area contributed by atoms with E-state index in [0.29, 0.717) is 0 Å². The Morgan fingerprint density at radius 1 is 1.18 bits per heavy atom. The van der Waals surface area contributed by atoms with Crippen molar-refractivity contribution in [3.63, 3.8) is 0 Å². The second kappa shape index (κ2) is 4.96. The van der Waals surface area contributed by atoms with Crippen LogP contribution in [0.3, 0.4) is 0 Å². The van der Waals surface area contributed by atoms with Gasteiger partial charge in [0, 0.05) is 30.0 Å². The average Bonchev–Trinajstić information content (AvgIpc) is 2.28. The van der Waals surface area contributed by atoms with Gasteiger partial charge in [-0.1, -0.05) is 6.07 Å². The van der Waals surface area contributed by atoms with E-state index in [9.17, 15) is 0 Å². The summed E-state index contributed by atoms with van der Waals surface area (Å²) in [6.07, 6.45) is 0. The van der Waals surface area contributed by atoms with E-state index in [0.717, 1.165) is 26.3 Å². The van der Waals surface area contributed by atoms with E-state index in [4.69, 9.17) is 4.74 Å². The molecule has 1 saturated heterocycles. The highest BCUT2D eigenvalue weighted by molar-refractivity contribution is 5.59. The van der Waals surface area contributed by atoms with Crippen LogP contribution in [0.4, 0.5) is 11.4 Å². The molecule has 1 fully saturated rings. The molecule has 0 spiro atoms. The lowest BCUT2D eigenvalue weighted by atomic mass is 10.1. The molecule has 3 nitrogen and oxygen atoms in total. The van der Waals surface area contributed by atoms with Gasteiger partial charge >= 0.3 is 0 Å². The van der Waals surface area contributed by atoms with Crippen LogP contribution in [0.1, 0.15) is 20.8 Å². The molecule has 94 valence electrons. The van der Waals surface area contributed by atoms with E-state index < -0.39 is 0 Å². The summed E-state index contributed by atoms with van der Waals surface area (Å²) in [4.78, 5) is 2.37. The summed E-state index contributed by atoms with van der Waals surface area (Å²) >= 11 is 0. The maximum atomic E-state index is 5.37. The Labute approximate surface area is 104 Å². The van der Waals surface area contributed by atoms with Crippen molar-refractivity contribution in [3.8, 4) is 0 Å². The Morgan fingerprint density at radius 3 is 2.53 bits per heavy atom. The molecule has 0 aliphatic carbocycles. The fourth-order valence-corrected chi connectivity index (χ4v) is 2.03. The van der Waals surface area contributed by atoms with Crippen LogP contribution in [0.15, 0.2) is 24.3 Å². The lowest BCUT2D eigenvalue weighted by Crippen LogP contribution is -2.36. The number of hydrogen-bond donors (Lipinski definition) is 1. The minimum atomic E-state index is 0.101. The minimum absolute atomic E-state index is 0.101. The van der Waals surface area contributed by atoms with Crippen molar-refractivity contribution in [2.45, 2.75) is 26.3 Å². The summed E-state index contributed by atoms with van der Waals surface area (Å²) in [5.41, 5.74) is 2.56. The molecule has 0 atom stereocenters. The number of nitrogens with one attached hydrogen (secondary N) is 1. The van der Waals surface area contributed by atoms with Gasteiger partial charge in [0.25, 0.3) is 0 Å². The largest absolute Gasteiger partial charge is 0.380 e. The summed E-state index contributed by atoms with van der Waals surface area (Å²) in [5.74, 6) is 0. The quantitative estimate of drug-likeness (QED) is 0.851. The summed E-state index contributed by atoms with van der Waals surface area (Å²) in [6, 6.07) is 8.61. The molecule has 1 aromatic rings. The molecular weight excluding hydrogens is 212 g/mol. The maximum Gasteiger partial charge on any atom is 0.0642 e. The van der Waals surface area contributed by atoms with E-state index in [2.05, 4.69) is 55.3 Å². The molecular formula is C14H22N2O. The lowest BCUT2D eigenvalue weighted by molar-refractivity contribution is 0.122. The van der Waals surface area contributed by atoms with Gasteiger partial charge in [0.1, 0.15) is 0 Å². The first kappa shape index (κ1) is 12.2. The van der Waals surface area contributed by atoms with Gasteiger partial charge in [-0.3, -0.25) is 0 Å². The topological polar surface area (TPSA) is 24.5 Å². The molecule has 1 aromatic carbocycles. The highest BCUT2D eigenvalue weighted by atomic mass is 16.5. The summed E-state index contributed by atoms with van der Waals surface area (Å²) in [6.45, 7) is 10.2. The molecule has 0 radical (unpaired) electrons. The predicted molar refractivity (Wildman–Crippen MR) is 72.8 cm³/mol. The van der Waals surface area contributed by atoms with E-state index in [1.165, 1.54) is 11.4 Å². The van der Waals surface area contributed by atoms with Crippen LogP contribution in [-0.2, 0) is 4.74 Å². The second-order valence-electron chi connectivity index (χ2n) is 5.52. The van der Waals surface area contributed by atoms with Crippen LogP contribution in [0, 0.1) is 0 Å². The Hall–Kier alpha value is -1.22. The zero-order valence-corrected chi connectivity index (χ0v) is 11.0. The number of anilines is 2. The van der Waals surface area contributed by atoms with E-state index in [1.807, 2.05) is 0 Å². The van der Waals surface area contributed by atoms with E-state index >= 15 is 0 Å². The van der Waals surface area contributed by atoms with Crippen LogP contribution in [-0.4, -0.2) is 31.8 Å².